The average Bonchev–Trinajstić information content (AvgIpc) is 3.09. The molecule has 148 valence electrons. The van der Waals surface area contributed by atoms with Gasteiger partial charge in [0.2, 0.25) is 10.0 Å². The van der Waals surface area contributed by atoms with E-state index in [2.05, 4.69) is 11.6 Å². The van der Waals surface area contributed by atoms with Crippen LogP contribution < -0.4 is 5.73 Å². The Bertz CT molecular complexity index is 1050. The number of nitrogens with two attached hydrogens (primary N) is 1. The first-order valence-electron chi connectivity index (χ1n) is 8.73. The van der Waals surface area contributed by atoms with Gasteiger partial charge in [-0.15, -0.1) is 0 Å². The van der Waals surface area contributed by atoms with Gasteiger partial charge in [-0.05, 0) is 31.0 Å². The van der Waals surface area contributed by atoms with Gasteiger partial charge in [-0.1, -0.05) is 24.8 Å². The molecule has 3 rings (SSSR count). The number of piperidine rings is 1. The van der Waals surface area contributed by atoms with Crippen LogP contribution in [-0.4, -0.2) is 42.3 Å². The van der Waals surface area contributed by atoms with Crippen molar-refractivity contribution in [1.82, 2.24) is 9.29 Å². The van der Waals surface area contributed by atoms with Crippen molar-refractivity contribution in [2.75, 3.05) is 18.8 Å². The highest BCUT2D eigenvalue weighted by atomic mass is 32.2. The summed E-state index contributed by atoms with van der Waals surface area (Å²) in [5.41, 5.74) is 6.27. The van der Waals surface area contributed by atoms with Crippen LogP contribution in [0.4, 0.5) is 0 Å². The zero-order valence-corrected chi connectivity index (χ0v) is 16.8. The van der Waals surface area contributed by atoms with Crippen molar-refractivity contribution >= 4 is 38.7 Å². The number of sulfonamides is 1. The SMILES string of the molecule is C=C(N)[C@@H](C#N)C(=O)CSc1nc2cc(S(=O)(=O)N3CCCCC3)ccc2o1. The van der Waals surface area contributed by atoms with Crippen molar-refractivity contribution in [2.24, 2.45) is 11.7 Å². The summed E-state index contributed by atoms with van der Waals surface area (Å²) in [6, 6.07) is 6.35. The molecule has 1 aliphatic rings. The number of nitrogens with zero attached hydrogens (tertiary/aromatic N) is 3. The van der Waals surface area contributed by atoms with Crippen LogP contribution in [0.25, 0.3) is 11.1 Å². The molecule has 0 spiro atoms. The van der Waals surface area contributed by atoms with E-state index in [9.17, 15) is 13.2 Å². The first kappa shape index (κ1) is 20.4. The number of allylic oxidation sites excluding steroid dienone is 1. The van der Waals surface area contributed by atoms with Gasteiger partial charge in [0, 0.05) is 18.8 Å². The number of carbonyl (C=O) groups excluding carboxylic acids is 1. The minimum absolute atomic E-state index is 0.00164. The Labute approximate surface area is 167 Å². The van der Waals surface area contributed by atoms with E-state index in [1.807, 2.05) is 6.07 Å². The van der Waals surface area contributed by atoms with Crippen LogP contribution in [0.3, 0.4) is 0 Å². The number of thioether (sulfide) groups is 1. The van der Waals surface area contributed by atoms with Crippen LogP contribution in [0.2, 0.25) is 0 Å². The van der Waals surface area contributed by atoms with Crippen molar-refractivity contribution in [3.8, 4) is 6.07 Å². The lowest BCUT2D eigenvalue weighted by Crippen LogP contribution is -2.35. The molecule has 1 aliphatic heterocycles. The topological polar surface area (TPSA) is 130 Å². The van der Waals surface area contributed by atoms with Crippen molar-refractivity contribution in [3.05, 3.63) is 30.5 Å². The maximum Gasteiger partial charge on any atom is 0.257 e. The number of rotatable bonds is 7. The van der Waals surface area contributed by atoms with Gasteiger partial charge < -0.3 is 10.2 Å². The Morgan fingerprint density at radius 1 is 1.39 bits per heavy atom. The third kappa shape index (κ3) is 4.22. The zero-order valence-electron chi connectivity index (χ0n) is 15.1. The molecule has 8 nitrogen and oxygen atoms in total. The maximum absolute atomic E-state index is 12.8. The lowest BCUT2D eigenvalue weighted by atomic mass is 10.1. The highest BCUT2D eigenvalue weighted by molar-refractivity contribution is 7.99. The van der Waals surface area contributed by atoms with Gasteiger partial charge in [0.1, 0.15) is 11.4 Å². The van der Waals surface area contributed by atoms with Crippen molar-refractivity contribution in [2.45, 2.75) is 29.4 Å². The number of carbonyl (C=O) groups is 1. The fourth-order valence-corrected chi connectivity index (χ4v) is 5.22. The molecule has 0 radical (unpaired) electrons. The molecule has 10 heteroatoms. The monoisotopic (exact) mass is 420 g/mol. The Hall–Kier alpha value is -2.35. The van der Waals surface area contributed by atoms with Gasteiger partial charge in [-0.3, -0.25) is 4.79 Å². The van der Waals surface area contributed by atoms with Crippen LogP contribution in [-0.2, 0) is 14.8 Å². The smallest absolute Gasteiger partial charge is 0.257 e. The summed E-state index contributed by atoms with van der Waals surface area (Å²) < 4.78 is 32.6. The lowest BCUT2D eigenvalue weighted by molar-refractivity contribution is -0.117. The summed E-state index contributed by atoms with van der Waals surface area (Å²) in [5, 5.41) is 9.19. The van der Waals surface area contributed by atoms with E-state index in [1.165, 1.54) is 16.4 Å². The highest BCUT2D eigenvalue weighted by Gasteiger charge is 2.27. The molecule has 28 heavy (non-hydrogen) atoms. The van der Waals surface area contributed by atoms with Gasteiger partial charge in [0.05, 0.1) is 16.7 Å². The molecule has 2 heterocycles. The van der Waals surface area contributed by atoms with E-state index >= 15 is 0 Å². The summed E-state index contributed by atoms with van der Waals surface area (Å²) in [7, 11) is -3.56. The van der Waals surface area contributed by atoms with Crippen molar-refractivity contribution in [3.63, 3.8) is 0 Å². The molecule has 1 aromatic heterocycles. The molecular weight excluding hydrogens is 400 g/mol. The number of Topliss-reactive ketones (excluding diaryl/α,β-unsaturated/α-hetero) is 1. The van der Waals surface area contributed by atoms with Gasteiger partial charge >= 0.3 is 0 Å². The lowest BCUT2D eigenvalue weighted by Gasteiger charge is -2.25. The molecule has 0 aliphatic carbocycles. The Morgan fingerprint density at radius 2 is 2.11 bits per heavy atom. The van der Waals surface area contributed by atoms with Crippen LogP contribution >= 0.6 is 11.8 Å². The molecular formula is C18H20N4O4S2. The van der Waals surface area contributed by atoms with Gasteiger partial charge in [-0.2, -0.15) is 9.57 Å². The minimum Gasteiger partial charge on any atom is -0.431 e. The third-order valence-electron chi connectivity index (χ3n) is 4.45. The number of ketones is 1. The number of fused-ring (bicyclic) bond motifs is 1. The standard InChI is InChI=1S/C18H20N4O4S2/c1-12(20)14(10-19)16(23)11-27-18-21-15-9-13(5-6-17(15)26-18)28(24,25)22-7-3-2-4-8-22/h5-6,9,14H,1-4,7-8,11,20H2/t14-/m1/s1. The second kappa shape index (κ2) is 8.34. The maximum atomic E-state index is 12.8. The largest absolute Gasteiger partial charge is 0.431 e. The second-order valence-corrected chi connectivity index (χ2v) is 9.33. The molecule has 0 saturated carbocycles. The van der Waals surface area contributed by atoms with Gasteiger partial charge in [0.25, 0.3) is 5.22 Å². The Kier molecular flexibility index (Phi) is 6.07. The molecule has 0 unspecified atom stereocenters. The zero-order chi connectivity index (χ0) is 20.3. The second-order valence-electron chi connectivity index (χ2n) is 6.47. The van der Waals surface area contributed by atoms with E-state index in [-0.39, 0.29) is 21.6 Å². The molecule has 1 fully saturated rings. The normalized spacial score (nSPS) is 16.5. The molecule has 1 atom stereocenters. The average molecular weight is 421 g/mol. The Morgan fingerprint density at radius 3 is 2.75 bits per heavy atom. The van der Waals surface area contributed by atoms with Crippen LogP contribution in [0.5, 0.6) is 0 Å². The van der Waals surface area contributed by atoms with E-state index in [4.69, 9.17) is 15.4 Å². The van der Waals surface area contributed by atoms with Crippen LogP contribution in [0.1, 0.15) is 19.3 Å². The molecule has 2 aromatic rings. The molecule has 0 bridgehead atoms. The van der Waals surface area contributed by atoms with E-state index in [0.29, 0.717) is 24.2 Å². The highest BCUT2D eigenvalue weighted by Crippen LogP contribution is 2.28. The van der Waals surface area contributed by atoms with Gasteiger partial charge in [0.15, 0.2) is 11.4 Å². The molecule has 1 aromatic carbocycles. The predicted octanol–water partition coefficient (Wildman–Crippen LogP) is 2.28. The van der Waals surface area contributed by atoms with Crippen molar-refractivity contribution < 1.29 is 17.6 Å². The molecule has 1 saturated heterocycles. The number of hydrogen-bond donors (Lipinski definition) is 1. The summed E-state index contributed by atoms with van der Waals surface area (Å²) >= 11 is 1.02. The summed E-state index contributed by atoms with van der Waals surface area (Å²) in [6.07, 6.45) is 2.76. The van der Waals surface area contributed by atoms with E-state index in [0.717, 1.165) is 31.0 Å². The number of hydrogen-bond acceptors (Lipinski definition) is 8. The van der Waals surface area contributed by atoms with E-state index in [1.54, 1.807) is 6.07 Å². The fourth-order valence-electron chi connectivity index (χ4n) is 2.94. The number of benzene rings is 1. The first-order valence-corrected chi connectivity index (χ1v) is 11.2. The quantitative estimate of drug-likeness (QED) is 0.675. The first-order chi connectivity index (χ1) is 13.3. The van der Waals surface area contributed by atoms with E-state index < -0.39 is 21.7 Å². The molecule has 0 amide bonds. The van der Waals surface area contributed by atoms with Crippen LogP contribution in [0.15, 0.2) is 45.0 Å². The number of aromatic nitrogens is 1. The summed E-state index contributed by atoms with van der Waals surface area (Å²) in [5.74, 6) is -1.52. The minimum atomic E-state index is -3.56. The third-order valence-corrected chi connectivity index (χ3v) is 7.20. The Balaban J connectivity index is 1.77. The summed E-state index contributed by atoms with van der Waals surface area (Å²) in [6.45, 7) is 4.48. The summed E-state index contributed by atoms with van der Waals surface area (Å²) in [4.78, 5) is 16.5. The van der Waals surface area contributed by atoms with Crippen LogP contribution in [0, 0.1) is 17.2 Å². The molecule has 2 N–H and O–H groups in total. The van der Waals surface area contributed by atoms with Crippen molar-refractivity contribution in [1.29, 1.82) is 5.26 Å². The number of nitriles is 1. The fraction of sp³-hybridized carbons (Fsp3) is 0.389. The number of oxazole rings is 1. The predicted molar refractivity (Wildman–Crippen MR) is 105 cm³/mol. The van der Waals surface area contributed by atoms with Gasteiger partial charge in [-0.25, -0.2) is 13.4 Å².